The molecule has 122 valence electrons. The van der Waals surface area contributed by atoms with Crippen LogP contribution in [0.25, 0.3) is 6.08 Å². The first kappa shape index (κ1) is 15.4. The summed E-state index contributed by atoms with van der Waals surface area (Å²) in [6.07, 6.45) is 10.4. The number of carbonyl (C=O) groups is 1. The van der Waals surface area contributed by atoms with Crippen LogP contribution in [0.15, 0.2) is 18.5 Å². The molecule has 1 N–H and O–H groups in total. The van der Waals surface area contributed by atoms with Gasteiger partial charge in [-0.15, -0.1) is 10.2 Å². The number of aromatic nitrogens is 6. The minimum absolute atomic E-state index is 0.123. The molecule has 1 aliphatic rings. The Hall–Kier alpha value is -2.51. The average Bonchev–Trinajstić information content (AvgIpc) is 3.23. The monoisotopic (exact) mass is 315 g/mol. The maximum atomic E-state index is 12.3. The highest BCUT2D eigenvalue weighted by Crippen LogP contribution is 2.27. The zero-order valence-electron chi connectivity index (χ0n) is 13.4. The summed E-state index contributed by atoms with van der Waals surface area (Å²) in [5.74, 6) is 0.239. The van der Waals surface area contributed by atoms with E-state index in [4.69, 9.17) is 0 Å². The second kappa shape index (κ2) is 6.72. The molecule has 2 atom stereocenters. The lowest BCUT2D eigenvalue weighted by Gasteiger charge is -2.20. The lowest BCUT2D eigenvalue weighted by Crippen LogP contribution is -2.39. The number of allylic oxidation sites excluding steroid dienone is 1. The normalized spacial score (nSPS) is 21.1. The molecule has 23 heavy (non-hydrogen) atoms. The number of carbonyl (C=O) groups excluding carboxylic acids is 1. The minimum atomic E-state index is -0.123. The summed E-state index contributed by atoms with van der Waals surface area (Å²) >= 11 is 0. The Morgan fingerprint density at radius 1 is 1.43 bits per heavy atom. The molecule has 0 bridgehead atoms. The largest absolute Gasteiger partial charge is 0.348 e. The van der Waals surface area contributed by atoms with E-state index < -0.39 is 0 Å². The Morgan fingerprint density at radius 3 is 3.04 bits per heavy atom. The van der Waals surface area contributed by atoms with Crippen LogP contribution in [0.3, 0.4) is 0 Å². The third-order valence-corrected chi connectivity index (χ3v) is 4.24. The van der Waals surface area contributed by atoms with E-state index in [1.54, 1.807) is 7.05 Å². The van der Waals surface area contributed by atoms with E-state index in [0.29, 0.717) is 11.6 Å². The molecule has 1 saturated carbocycles. The highest BCUT2D eigenvalue weighted by atomic mass is 16.2. The summed E-state index contributed by atoms with van der Waals surface area (Å²) in [4.78, 5) is 12.3. The first-order chi connectivity index (χ1) is 11.2. The Bertz CT molecular complexity index is 702. The van der Waals surface area contributed by atoms with Crippen LogP contribution >= 0.6 is 0 Å². The van der Waals surface area contributed by atoms with Crippen molar-refractivity contribution in [2.45, 2.75) is 38.8 Å². The number of rotatable bonds is 5. The van der Waals surface area contributed by atoms with Crippen molar-refractivity contribution in [2.75, 3.05) is 0 Å². The molecule has 1 amide bonds. The van der Waals surface area contributed by atoms with Gasteiger partial charge in [0.1, 0.15) is 11.4 Å². The van der Waals surface area contributed by atoms with Gasteiger partial charge in [-0.2, -0.15) is 0 Å². The topological polar surface area (TPSA) is 90.5 Å². The first-order valence-corrected chi connectivity index (χ1v) is 7.85. The highest BCUT2D eigenvalue weighted by Gasteiger charge is 2.30. The van der Waals surface area contributed by atoms with Gasteiger partial charge in [-0.1, -0.05) is 22.9 Å². The third-order valence-electron chi connectivity index (χ3n) is 4.24. The molecule has 2 aromatic rings. The Labute approximate surface area is 134 Å². The van der Waals surface area contributed by atoms with Gasteiger partial charge in [-0.3, -0.25) is 9.48 Å². The molecule has 3 rings (SSSR count). The second-order valence-corrected chi connectivity index (χ2v) is 5.88. The lowest BCUT2D eigenvalue weighted by molar-refractivity contribution is 0.0915. The van der Waals surface area contributed by atoms with Gasteiger partial charge in [0.2, 0.25) is 0 Å². The van der Waals surface area contributed by atoms with Crippen molar-refractivity contribution < 1.29 is 4.79 Å². The lowest BCUT2D eigenvalue weighted by atomic mass is 10.0. The van der Waals surface area contributed by atoms with Crippen molar-refractivity contribution >= 4 is 12.0 Å². The Morgan fingerprint density at radius 2 is 2.30 bits per heavy atom. The van der Waals surface area contributed by atoms with E-state index in [-0.39, 0.29) is 11.9 Å². The molecule has 2 heterocycles. The van der Waals surface area contributed by atoms with Crippen LogP contribution in [0.2, 0.25) is 0 Å². The maximum absolute atomic E-state index is 12.3. The molecule has 8 heteroatoms. The summed E-state index contributed by atoms with van der Waals surface area (Å²) < 4.78 is 3.34. The van der Waals surface area contributed by atoms with E-state index >= 15 is 0 Å². The van der Waals surface area contributed by atoms with Crippen LogP contribution in [0, 0.1) is 5.92 Å². The molecular weight excluding hydrogens is 294 g/mol. The predicted molar refractivity (Wildman–Crippen MR) is 84.3 cm³/mol. The molecule has 1 aliphatic carbocycles. The van der Waals surface area contributed by atoms with Gasteiger partial charge in [0, 0.05) is 19.6 Å². The Balaban J connectivity index is 1.63. The van der Waals surface area contributed by atoms with Crippen molar-refractivity contribution in [3.05, 3.63) is 29.9 Å². The number of hydrogen-bond donors (Lipinski definition) is 1. The van der Waals surface area contributed by atoms with Gasteiger partial charge in [0.25, 0.3) is 5.91 Å². The van der Waals surface area contributed by atoms with Crippen molar-refractivity contribution in [1.29, 1.82) is 0 Å². The SMILES string of the molecule is C/C=C/c1cn(C[C@@H]2CCC[C@@H]2NC(=O)c2cnnn2C)nn1. The van der Waals surface area contributed by atoms with Crippen molar-refractivity contribution in [1.82, 2.24) is 35.3 Å². The molecule has 2 aromatic heterocycles. The van der Waals surface area contributed by atoms with Crippen LogP contribution in [0.4, 0.5) is 0 Å². The van der Waals surface area contributed by atoms with E-state index in [2.05, 4.69) is 25.9 Å². The summed E-state index contributed by atoms with van der Waals surface area (Å²) in [5, 5.41) is 18.9. The summed E-state index contributed by atoms with van der Waals surface area (Å²) in [6, 6.07) is 0.145. The minimum Gasteiger partial charge on any atom is -0.348 e. The summed E-state index contributed by atoms with van der Waals surface area (Å²) in [7, 11) is 1.71. The highest BCUT2D eigenvalue weighted by molar-refractivity contribution is 5.92. The van der Waals surface area contributed by atoms with Gasteiger partial charge < -0.3 is 5.32 Å². The van der Waals surface area contributed by atoms with E-state index in [9.17, 15) is 4.79 Å². The molecular formula is C15H21N7O. The first-order valence-electron chi connectivity index (χ1n) is 7.85. The maximum Gasteiger partial charge on any atom is 0.271 e. The van der Waals surface area contributed by atoms with Crippen LogP contribution in [-0.4, -0.2) is 41.9 Å². The van der Waals surface area contributed by atoms with Crippen molar-refractivity contribution in [2.24, 2.45) is 13.0 Å². The van der Waals surface area contributed by atoms with Crippen LogP contribution < -0.4 is 5.32 Å². The smallest absolute Gasteiger partial charge is 0.271 e. The van der Waals surface area contributed by atoms with Crippen molar-refractivity contribution in [3.8, 4) is 0 Å². The van der Waals surface area contributed by atoms with Gasteiger partial charge in [-0.05, 0) is 31.8 Å². The van der Waals surface area contributed by atoms with Crippen LogP contribution in [-0.2, 0) is 13.6 Å². The fourth-order valence-corrected chi connectivity index (χ4v) is 3.07. The van der Waals surface area contributed by atoms with Gasteiger partial charge in [0.15, 0.2) is 0 Å². The number of hydrogen-bond acceptors (Lipinski definition) is 5. The standard InChI is InChI=1S/C15H21N7O/c1-3-5-12-10-22(20-18-12)9-11-6-4-7-13(11)17-15(23)14-8-16-19-21(14)2/h3,5,8,10-11,13H,4,6-7,9H2,1-2H3,(H,17,23)/b5-3+/t11-,13-/m0/s1. The van der Waals surface area contributed by atoms with Crippen LogP contribution in [0.1, 0.15) is 42.4 Å². The molecule has 8 nitrogen and oxygen atoms in total. The van der Waals surface area contributed by atoms with Gasteiger partial charge >= 0.3 is 0 Å². The number of nitrogens with zero attached hydrogens (tertiary/aromatic N) is 6. The predicted octanol–water partition coefficient (Wildman–Crippen LogP) is 1.04. The number of aryl methyl sites for hydroxylation is 1. The molecule has 0 spiro atoms. The fourth-order valence-electron chi connectivity index (χ4n) is 3.07. The van der Waals surface area contributed by atoms with E-state index in [1.807, 2.05) is 30.0 Å². The molecule has 1 fully saturated rings. The molecule has 0 saturated heterocycles. The van der Waals surface area contributed by atoms with Gasteiger partial charge in [0.05, 0.1) is 12.4 Å². The van der Waals surface area contributed by atoms with Crippen molar-refractivity contribution in [3.63, 3.8) is 0 Å². The quantitative estimate of drug-likeness (QED) is 0.890. The zero-order valence-corrected chi connectivity index (χ0v) is 13.4. The number of amides is 1. The third kappa shape index (κ3) is 3.46. The molecule has 0 unspecified atom stereocenters. The number of nitrogens with one attached hydrogen (secondary N) is 1. The van der Waals surface area contributed by atoms with E-state index in [0.717, 1.165) is 31.5 Å². The second-order valence-electron chi connectivity index (χ2n) is 5.88. The average molecular weight is 315 g/mol. The molecule has 0 radical (unpaired) electrons. The summed E-state index contributed by atoms with van der Waals surface area (Å²) in [6.45, 7) is 2.72. The van der Waals surface area contributed by atoms with Gasteiger partial charge in [-0.25, -0.2) is 4.68 Å². The molecule has 0 aromatic carbocycles. The zero-order chi connectivity index (χ0) is 16.2. The van der Waals surface area contributed by atoms with E-state index in [1.165, 1.54) is 10.9 Å². The molecule has 0 aliphatic heterocycles. The Kier molecular flexibility index (Phi) is 4.50. The summed E-state index contributed by atoms with van der Waals surface area (Å²) in [5.41, 5.74) is 1.33. The fraction of sp³-hybridized carbons (Fsp3) is 0.533. The van der Waals surface area contributed by atoms with Crippen LogP contribution in [0.5, 0.6) is 0 Å².